The SMILES string of the molecule is C1CCN(C2CCN(CCCNC3CC3)C2)CC1. The molecule has 0 radical (unpaired) electrons. The number of nitrogens with zero attached hydrogens (tertiary/aromatic N) is 2. The molecule has 1 atom stereocenters. The average Bonchev–Trinajstić information content (AvgIpc) is 3.12. The molecule has 0 aromatic heterocycles. The minimum absolute atomic E-state index is 0.877. The Labute approximate surface area is 112 Å². The van der Waals surface area contributed by atoms with Crippen LogP contribution in [0.15, 0.2) is 0 Å². The Balaban J connectivity index is 1.30. The van der Waals surface area contributed by atoms with Crippen molar-refractivity contribution < 1.29 is 0 Å². The zero-order valence-corrected chi connectivity index (χ0v) is 11.7. The number of rotatable bonds is 6. The molecule has 0 aromatic carbocycles. The van der Waals surface area contributed by atoms with Gasteiger partial charge in [-0.15, -0.1) is 0 Å². The highest BCUT2D eigenvalue weighted by Gasteiger charge is 2.28. The molecule has 1 saturated carbocycles. The molecule has 3 heteroatoms. The second kappa shape index (κ2) is 6.36. The second-order valence-electron chi connectivity index (χ2n) is 6.42. The first kappa shape index (κ1) is 12.9. The maximum absolute atomic E-state index is 3.62. The van der Waals surface area contributed by atoms with Gasteiger partial charge >= 0.3 is 0 Å². The lowest BCUT2D eigenvalue weighted by atomic mass is 10.1. The summed E-state index contributed by atoms with van der Waals surface area (Å²) < 4.78 is 0. The predicted octanol–water partition coefficient (Wildman–Crippen LogP) is 1.69. The quantitative estimate of drug-likeness (QED) is 0.725. The van der Waals surface area contributed by atoms with E-state index in [9.17, 15) is 0 Å². The Morgan fingerprint density at radius 1 is 0.944 bits per heavy atom. The number of nitrogens with one attached hydrogen (secondary N) is 1. The van der Waals surface area contributed by atoms with Gasteiger partial charge in [-0.3, -0.25) is 4.90 Å². The molecule has 0 amide bonds. The minimum atomic E-state index is 0.877. The highest BCUT2D eigenvalue weighted by Crippen LogP contribution is 2.20. The molecule has 0 spiro atoms. The van der Waals surface area contributed by atoms with Crippen molar-refractivity contribution in [3.05, 3.63) is 0 Å². The fourth-order valence-electron chi connectivity index (χ4n) is 3.49. The highest BCUT2D eigenvalue weighted by molar-refractivity contribution is 4.85. The Kier molecular flexibility index (Phi) is 4.55. The van der Waals surface area contributed by atoms with Gasteiger partial charge in [0, 0.05) is 18.6 Å². The van der Waals surface area contributed by atoms with E-state index >= 15 is 0 Å². The van der Waals surface area contributed by atoms with E-state index in [2.05, 4.69) is 15.1 Å². The van der Waals surface area contributed by atoms with Gasteiger partial charge < -0.3 is 10.2 Å². The third kappa shape index (κ3) is 3.69. The monoisotopic (exact) mass is 251 g/mol. The second-order valence-corrected chi connectivity index (χ2v) is 6.42. The van der Waals surface area contributed by atoms with E-state index < -0.39 is 0 Å². The first-order valence-electron chi connectivity index (χ1n) is 8.11. The topological polar surface area (TPSA) is 18.5 Å². The summed E-state index contributed by atoms with van der Waals surface area (Å²) in [6.45, 7) is 7.94. The Morgan fingerprint density at radius 3 is 2.56 bits per heavy atom. The lowest BCUT2D eigenvalue weighted by molar-refractivity contribution is 0.162. The van der Waals surface area contributed by atoms with Crippen LogP contribution in [0.4, 0.5) is 0 Å². The number of hydrogen-bond acceptors (Lipinski definition) is 3. The van der Waals surface area contributed by atoms with Crippen molar-refractivity contribution in [3.63, 3.8) is 0 Å². The zero-order valence-electron chi connectivity index (χ0n) is 11.7. The molecule has 2 aliphatic heterocycles. The van der Waals surface area contributed by atoms with Crippen LogP contribution in [-0.4, -0.2) is 61.2 Å². The van der Waals surface area contributed by atoms with Gasteiger partial charge in [-0.2, -0.15) is 0 Å². The van der Waals surface area contributed by atoms with Crippen molar-refractivity contribution >= 4 is 0 Å². The molecule has 3 fully saturated rings. The van der Waals surface area contributed by atoms with Crippen LogP contribution in [0, 0.1) is 0 Å². The largest absolute Gasteiger partial charge is 0.314 e. The van der Waals surface area contributed by atoms with Crippen molar-refractivity contribution in [2.24, 2.45) is 0 Å². The smallest absolute Gasteiger partial charge is 0.0235 e. The molecular weight excluding hydrogens is 222 g/mol. The van der Waals surface area contributed by atoms with Gasteiger partial charge in [-0.1, -0.05) is 6.42 Å². The van der Waals surface area contributed by atoms with Crippen molar-refractivity contribution in [3.8, 4) is 0 Å². The van der Waals surface area contributed by atoms with E-state index in [0.29, 0.717) is 0 Å². The molecular formula is C15H29N3. The van der Waals surface area contributed by atoms with Crippen LogP contribution < -0.4 is 5.32 Å². The lowest BCUT2D eigenvalue weighted by Crippen LogP contribution is -2.41. The van der Waals surface area contributed by atoms with Gasteiger partial charge in [0.2, 0.25) is 0 Å². The van der Waals surface area contributed by atoms with Crippen molar-refractivity contribution in [2.45, 2.75) is 57.0 Å². The molecule has 3 aliphatic rings. The molecule has 2 heterocycles. The minimum Gasteiger partial charge on any atom is -0.314 e. The number of hydrogen-bond donors (Lipinski definition) is 1. The van der Waals surface area contributed by atoms with E-state index in [1.807, 2.05) is 0 Å². The van der Waals surface area contributed by atoms with E-state index in [0.717, 1.165) is 12.1 Å². The first-order chi connectivity index (χ1) is 8.92. The van der Waals surface area contributed by atoms with Crippen LogP contribution in [0.25, 0.3) is 0 Å². The fraction of sp³-hybridized carbons (Fsp3) is 1.00. The van der Waals surface area contributed by atoms with E-state index in [1.54, 1.807) is 0 Å². The normalized spacial score (nSPS) is 31.0. The summed E-state index contributed by atoms with van der Waals surface area (Å²) in [7, 11) is 0. The van der Waals surface area contributed by atoms with Crippen molar-refractivity contribution in [1.29, 1.82) is 0 Å². The fourth-order valence-corrected chi connectivity index (χ4v) is 3.49. The van der Waals surface area contributed by atoms with Gasteiger partial charge in [-0.05, 0) is 71.2 Å². The van der Waals surface area contributed by atoms with Gasteiger partial charge in [0.1, 0.15) is 0 Å². The molecule has 2 saturated heterocycles. The summed E-state index contributed by atoms with van der Waals surface area (Å²) in [5.74, 6) is 0. The number of piperidine rings is 1. The Bertz CT molecular complexity index is 246. The molecule has 18 heavy (non-hydrogen) atoms. The third-order valence-electron chi connectivity index (χ3n) is 4.82. The van der Waals surface area contributed by atoms with Gasteiger partial charge in [0.05, 0.1) is 0 Å². The molecule has 3 nitrogen and oxygen atoms in total. The maximum atomic E-state index is 3.62. The Morgan fingerprint density at radius 2 is 1.78 bits per heavy atom. The van der Waals surface area contributed by atoms with Crippen LogP contribution in [0.3, 0.4) is 0 Å². The summed E-state index contributed by atoms with van der Waals surface area (Å²) in [5.41, 5.74) is 0. The van der Waals surface area contributed by atoms with Gasteiger partial charge in [0.15, 0.2) is 0 Å². The molecule has 104 valence electrons. The van der Waals surface area contributed by atoms with Gasteiger partial charge in [0.25, 0.3) is 0 Å². The molecule has 0 bridgehead atoms. The van der Waals surface area contributed by atoms with E-state index in [4.69, 9.17) is 0 Å². The number of likely N-dealkylation sites (tertiary alicyclic amines) is 2. The third-order valence-corrected chi connectivity index (χ3v) is 4.82. The van der Waals surface area contributed by atoms with Crippen molar-refractivity contribution in [2.75, 3.05) is 39.3 Å². The zero-order chi connectivity index (χ0) is 12.2. The molecule has 0 aromatic rings. The standard InChI is InChI=1S/C15H29N3/c1-2-10-18(11-3-1)15-7-12-17(13-15)9-4-8-16-14-5-6-14/h14-16H,1-13H2. The van der Waals surface area contributed by atoms with Crippen LogP contribution in [0.1, 0.15) is 44.9 Å². The maximum Gasteiger partial charge on any atom is 0.0235 e. The first-order valence-corrected chi connectivity index (χ1v) is 8.11. The summed E-state index contributed by atoms with van der Waals surface area (Å²) >= 11 is 0. The summed E-state index contributed by atoms with van der Waals surface area (Å²) in [5, 5.41) is 3.62. The average molecular weight is 251 g/mol. The molecule has 1 N–H and O–H groups in total. The molecule has 3 rings (SSSR count). The van der Waals surface area contributed by atoms with Crippen LogP contribution in [0.5, 0.6) is 0 Å². The molecule has 1 aliphatic carbocycles. The summed E-state index contributed by atoms with van der Waals surface area (Å²) in [6, 6.07) is 1.76. The van der Waals surface area contributed by atoms with E-state index in [1.165, 1.54) is 84.2 Å². The van der Waals surface area contributed by atoms with Crippen LogP contribution >= 0.6 is 0 Å². The summed E-state index contributed by atoms with van der Waals surface area (Å²) in [6.07, 6.45) is 9.91. The van der Waals surface area contributed by atoms with Crippen LogP contribution in [-0.2, 0) is 0 Å². The van der Waals surface area contributed by atoms with E-state index in [-0.39, 0.29) is 0 Å². The lowest BCUT2D eigenvalue weighted by Gasteiger charge is -2.32. The Hall–Kier alpha value is -0.120. The van der Waals surface area contributed by atoms with Gasteiger partial charge in [-0.25, -0.2) is 0 Å². The molecule has 1 unspecified atom stereocenters. The van der Waals surface area contributed by atoms with Crippen molar-refractivity contribution in [1.82, 2.24) is 15.1 Å². The highest BCUT2D eigenvalue weighted by atomic mass is 15.3. The van der Waals surface area contributed by atoms with Crippen LogP contribution in [0.2, 0.25) is 0 Å². The summed E-state index contributed by atoms with van der Waals surface area (Å²) in [4.78, 5) is 5.44. The predicted molar refractivity (Wildman–Crippen MR) is 75.9 cm³/mol.